The zero-order valence-electron chi connectivity index (χ0n) is 12.5. The molecule has 23 heavy (non-hydrogen) atoms. The molecule has 2 aromatic carbocycles. The molecule has 4 nitrogen and oxygen atoms in total. The van der Waals surface area contributed by atoms with Gasteiger partial charge in [0.2, 0.25) is 0 Å². The van der Waals surface area contributed by atoms with E-state index in [2.05, 4.69) is 16.0 Å². The highest BCUT2D eigenvalue weighted by Gasteiger charge is 2.01. The van der Waals surface area contributed by atoms with Gasteiger partial charge in [0.15, 0.2) is 5.11 Å². The fraction of sp³-hybridized carbons (Fsp3) is 0.0556. The Kier molecular flexibility index (Phi) is 4.91. The summed E-state index contributed by atoms with van der Waals surface area (Å²) in [6.07, 6.45) is 1.65. The van der Waals surface area contributed by atoms with Gasteiger partial charge in [-0.3, -0.25) is 0 Å². The van der Waals surface area contributed by atoms with Gasteiger partial charge < -0.3 is 20.4 Å². The van der Waals surface area contributed by atoms with E-state index in [9.17, 15) is 0 Å². The van der Waals surface area contributed by atoms with Gasteiger partial charge in [0.25, 0.3) is 0 Å². The van der Waals surface area contributed by atoms with Crippen LogP contribution in [0.5, 0.6) is 0 Å². The lowest BCUT2D eigenvalue weighted by atomic mass is 10.2. The van der Waals surface area contributed by atoms with Crippen LogP contribution in [0, 0.1) is 0 Å². The largest absolute Gasteiger partial charge is 0.467 e. The van der Waals surface area contributed by atoms with Crippen LogP contribution >= 0.6 is 12.2 Å². The molecule has 3 rings (SSSR count). The normalized spacial score (nSPS) is 10.1. The summed E-state index contributed by atoms with van der Waals surface area (Å²) in [4.78, 5) is 0. The van der Waals surface area contributed by atoms with Crippen molar-refractivity contribution >= 4 is 34.4 Å². The highest BCUT2D eigenvalue weighted by atomic mass is 32.1. The minimum absolute atomic E-state index is 0.554. The van der Waals surface area contributed by atoms with Crippen molar-refractivity contribution in [2.24, 2.45) is 0 Å². The Morgan fingerprint density at radius 1 is 0.870 bits per heavy atom. The van der Waals surface area contributed by atoms with Crippen LogP contribution in [0.2, 0.25) is 0 Å². The van der Waals surface area contributed by atoms with E-state index < -0.39 is 0 Å². The van der Waals surface area contributed by atoms with E-state index in [0.29, 0.717) is 11.7 Å². The van der Waals surface area contributed by atoms with Crippen LogP contribution in [-0.2, 0) is 6.54 Å². The van der Waals surface area contributed by atoms with Gasteiger partial charge >= 0.3 is 0 Å². The summed E-state index contributed by atoms with van der Waals surface area (Å²) >= 11 is 5.30. The third-order valence-electron chi connectivity index (χ3n) is 3.19. The molecule has 0 aliphatic rings. The molecule has 5 heteroatoms. The minimum atomic E-state index is 0.554. The Morgan fingerprint density at radius 2 is 1.65 bits per heavy atom. The molecule has 0 saturated carbocycles. The predicted octanol–water partition coefficient (Wildman–Crippen LogP) is 4.51. The molecule has 0 aliphatic carbocycles. The highest BCUT2D eigenvalue weighted by Crippen LogP contribution is 2.19. The summed E-state index contributed by atoms with van der Waals surface area (Å²) in [6, 6.07) is 21.8. The fourth-order valence-corrected chi connectivity index (χ4v) is 2.31. The number of anilines is 3. The molecule has 0 amide bonds. The second-order valence-electron chi connectivity index (χ2n) is 4.96. The van der Waals surface area contributed by atoms with Gasteiger partial charge in [-0.2, -0.15) is 0 Å². The fourth-order valence-electron chi connectivity index (χ4n) is 2.12. The van der Waals surface area contributed by atoms with Gasteiger partial charge in [0.1, 0.15) is 5.76 Å². The van der Waals surface area contributed by atoms with Crippen LogP contribution in [0.3, 0.4) is 0 Å². The molecular weight excluding hydrogens is 306 g/mol. The Labute approximate surface area is 140 Å². The molecule has 0 atom stereocenters. The van der Waals surface area contributed by atoms with Crippen molar-refractivity contribution < 1.29 is 4.42 Å². The van der Waals surface area contributed by atoms with Crippen LogP contribution in [0.25, 0.3) is 0 Å². The minimum Gasteiger partial charge on any atom is -0.467 e. The van der Waals surface area contributed by atoms with Gasteiger partial charge in [-0.05, 0) is 54.7 Å². The predicted molar refractivity (Wildman–Crippen MR) is 97.9 cm³/mol. The first kappa shape index (κ1) is 15.1. The van der Waals surface area contributed by atoms with E-state index in [-0.39, 0.29) is 0 Å². The van der Waals surface area contributed by atoms with Crippen molar-refractivity contribution in [1.29, 1.82) is 0 Å². The van der Waals surface area contributed by atoms with Crippen molar-refractivity contribution in [2.45, 2.75) is 6.54 Å². The second kappa shape index (κ2) is 7.47. The Balaban J connectivity index is 1.57. The topological polar surface area (TPSA) is 49.2 Å². The molecule has 0 unspecified atom stereocenters. The molecule has 0 spiro atoms. The molecule has 3 aromatic rings. The quantitative estimate of drug-likeness (QED) is 0.603. The standard InChI is InChI=1S/C18H17N3OS/c23-18(19-13-17-10-5-11-22-17)21-16-9-4-8-15(12-16)20-14-6-2-1-3-7-14/h1-12,20H,13H2,(H2,19,21,23). The zero-order valence-corrected chi connectivity index (χ0v) is 13.3. The lowest BCUT2D eigenvalue weighted by Gasteiger charge is -2.12. The molecule has 0 fully saturated rings. The van der Waals surface area contributed by atoms with E-state index in [1.165, 1.54) is 0 Å². The molecule has 0 saturated heterocycles. The molecule has 1 heterocycles. The molecule has 3 N–H and O–H groups in total. The Bertz CT molecular complexity index is 757. The molecular formula is C18H17N3OS. The summed E-state index contributed by atoms with van der Waals surface area (Å²) in [6.45, 7) is 0.556. The third kappa shape index (κ3) is 4.59. The maximum Gasteiger partial charge on any atom is 0.171 e. The van der Waals surface area contributed by atoms with E-state index in [1.807, 2.05) is 66.7 Å². The highest BCUT2D eigenvalue weighted by molar-refractivity contribution is 7.80. The summed E-state index contributed by atoms with van der Waals surface area (Å²) < 4.78 is 5.26. The van der Waals surface area contributed by atoms with Crippen LogP contribution in [0.1, 0.15) is 5.76 Å². The Morgan fingerprint density at radius 3 is 2.43 bits per heavy atom. The first-order valence-corrected chi connectivity index (χ1v) is 7.70. The number of nitrogens with one attached hydrogen (secondary N) is 3. The summed E-state index contributed by atoms with van der Waals surface area (Å²) in [5.41, 5.74) is 2.96. The smallest absolute Gasteiger partial charge is 0.171 e. The first-order valence-electron chi connectivity index (χ1n) is 7.29. The molecule has 0 bridgehead atoms. The van der Waals surface area contributed by atoms with Crippen LogP contribution in [-0.4, -0.2) is 5.11 Å². The lowest BCUT2D eigenvalue weighted by Crippen LogP contribution is -2.27. The van der Waals surface area contributed by atoms with Crippen molar-refractivity contribution in [3.05, 3.63) is 78.8 Å². The van der Waals surface area contributed by atoms with Gasteiger partial charge in [-0.1, -0.05) is 24.3 Å². The van der Waals surface area contributed by atoms with E-state index in [1.54, 1.807) is 6.26 Å². The molecule has 116 valence electrons. The summed E-state index contributed by atoms with van der Waals surface area (Å²) in [5.74, 6) is 0.841. The number of para-hydroxylation sites is 1. The number of benzene rings is 2. The monoisotopic (exact) mass is 323 g/mol. The average Bonchev–Trinajstić information content (AvgIpc) is 3.08. The molecule has 0 radical (unpaired) electrons. The Hall–Kier alpha value is -2.79. The van der Waals surface area contributed by atoms with Crippen molar-refractivity contribution in [3.63, 3.8) is 0 Å². The van der Waals surface area contributed by atoms with E-state index in [4.69, 9.17) is 16.6 Å². The maximum absolute atomic E-state index is 5.30. The molecule has 0 aliphatic heterocycles. The third-order valence-corrected chi connectivity index (χ3v) is 3.43. The van der Waals surface area contributed by atoms with Crippen molar-refractivity contribution in [1.82, 2.24) is 5.32 Å². The van der Waals surface area contributed by atoms with Gasteiger partial charge in [-0.15, -0.1) is 0 Å². The SMILES string of the molecule is S=C(NCc1ccco1)Nc1cccc(Nc2ccccc2)c1. The van der Waals surface area contributed by atoms with Crippen LogP contribution in [0.4, 0.5) is 17.1 Å². The van der Waals surface area contributed by atoms with Gasteiger partial charge in [0, 0.05) is 17.1 Å². The lowest BCUT2D eigenvalue weighted by molar-refractivity contribution is 0.503. The second-order valence-corrected chi connectivity index (χ2v) is 5.37. The number of furan rings is 1. The van der Waals surface area contributed by atoms with E-state index >= 15 is 0 Å². The average molecular weight is 323 g/mol. The molecule has 1 aromatic heterocycles. The summed E-state index contributed by atoms with van der Waals surface area (Å²) in [5, 5.41) is 10.2. The van der Waals surface area contributed by atoms with Crippen LogP contribution in [0.15, 0.2) is 77.4 Å². The first-order chi connectivity index (χ1) is 11.3. The van der Waals surface area contributed by atoms with Crippen LogP contribution < -0.4 is 16.0 Å². The number of hydrogen-bond donors (Lipinski definition) is 3. The number of hydrogen-bond acceptors (Lipinski definition) is 3. The van der Waals surface area contributed by atoms with Gasteiger partial charge in [-0.25, -0.2) is 0 Å². The summed E-state index contributed by atoms with van der Waals surface area (Å²) in [7, 11) is 0. The number of thiocarbonyl (C=S) groups is 1. The van der Waals surface area contributed by atoms with Crippen molar-refractivity contribution in [3.8, 4) is 0 Å². The van der Waals surface area contributed by atoms with Crippen molar-refractivity contribution in [2.75, 3.05) is 10.6 Å². The van der Waals surface area contributed by atoms with E-state index in [0.717, 1.165) is 22.8 Å². The maximum atomic E-state index is 5.30. The number of rotatable bonds is 5. The van der Waals surface area contributed by atoms with Gasteiger partial charge in [0.05, 0.1) is 12.8 Å². The zero-order chi connectivity index (χ0) is 15.9.